The molecule has 8 nitrogen and oxygen atoms in total. The molecule has 1 fully saturated rings. The number of methoxy groups -OCH3 is 1. The summed E-state index contributed by atoms with van der Waals surface area (Å²) in [6.45, 7) is 0.990. The highest BCUT2D eigenvalue weighted by Gasteiger charge is 2.35. The van der Waals surface area contributed by atoms with Crippen molar-refractivity contribution >= 4 is 29.1 Å². The standard InChI is InChI=1S/C17H20ClFN6O2/c1-27-17(26)25-3-2-10(8-25)23-16-13(19)7-22-15(24-16)12-6-21-14-11(12)4-9(18)5-20-14/h5-7,10-11,14,20-21H,2-4,8H2,1H3,(H,22,23,24)/t10-,11?,14?/m0/s1. The van der Waals surface area contributed by atoms with Gasteiger partial charge in [-0.3, -0.25) is 0 Å². The second kappa shape index (κ2) is 7.22. The molecule has 3 aliphatic heterocycles. The molecule has 3 atom stereocenters. The third-order valence-corrected chi connectivity index (χ3v) is 5.28. The van der Waals surface area contributed by atoms with E-state index in [-0.39, 0.29) is 30.0 Å². The zero-order valence-electron chi connectivity index (χ0n) is 14.7. The molecule has 27 heavy (non-hydrogen) atoms. The van der Waals surface area contributed by atoms with Crippen LogP contribution in [-0.2, 0) is 4.74 Å². The van der Waals surface area contributed by atoms with E-state index in [1.807, 2.05) is 6.20 Å². The number of amides is 1. The lowest BCUT2D eigenvalue weighted by molar-refractivity contribution is 0.133. The summed E-state index contributed by atoms with van der Waals surface area (Å²) in [5, 5.41) is 10.2. The average molecular weight is 395 g/mol. The summed E-state index contributed by atoms with van der Waals surface area (Å²) in [6, 6.07) is -0.0986. The summed E-state index contributed by atoms with van der Waals surface area (Å²) in [4.78, 5) is 21.7. The fourth-order valence-electron chi connectivity index (χ4n) is 3.63. The summed E-state index contributed by atoms with van der Waals surface area (Å²) < 4.78 is 19.0. The van der Waals surface area contributed by atoms with Crippen LogP contribution in [0.1, 0.15) is 18.7 Å². The first-order chi connectivity index (χ1) is 13.0. The van der Waals surface area contributed by atoms with Gasteiger partial charge in [-0.1, -0.05) is 11.6 Å². The maximum atomic E-state index is 14.3. The lowest BCUT2D eigenvalue weighted by Gasteiger charge is -2.26. The Labute approximate surface area is 160 Å². The van der Waals surface area contributed by atoms with Crippen LogP contribution < -0.4 is 16.0 Å². The lowest BCUT2D eigenvalue weighted by Crippen LogP contribution is -2.41. The minimum Gasteiger partial charge on any atom is -0.453 e. The van der Waals surface area contributed by atoms with E-state index in [9.17, 15) is 9.18 Å². The molecule has 0 radical (unpaired) electrons. The highest BCUT2D eigenvalue weighted by atomic mass is 35.5. The third kappa shape index (κ3) is 3.51. The number of halogens is 2. The van der Waals surface area contributed by atoms with E-state index in [1.165, 1.54) is 13.3 Å². The predicted octanol–water partition coefficient (Wildman–Crippen LogP) is 1.83. The number of fused-ring (bicyclic) bond motifs is 1. The lowest BCUT2D eigenvalue weighted by atomic mass is 9.93. The Bertz CT molecular complexity index is 817. The Morgan fingerprint density at radius 3 is 3.07 bits per heavy atom. The van der Waals surface area contributed by atoms with Crippen molar-refractivity contribution in [3.05, 3.63) is 35.3 Å². The van der Waals surface area contributed by atoms with Gasteiger partial charge in [-0.25, -0.2) is 19.2 Å². The molecular formula is C17H20ClFN6O2. The van der Waals surface area contributed by atoms with Crippen LogP contribution in [0.3, 0.4) is 0 Å². The Hall–Kier alpha value is -2.55. The van der Waals surface area contributed by atoms with Crippen molar-refractivity contribution in [3.63, 3.8) is 0 Å². The van der Waals surface area contributed by atoms with E-state index in [2.05, 4.69) is 25.9 Å². The van der Waals surface area contributed by atoms with Gasteiger partial charge in [0.1, 0.15) is 6.17 Å². The molecule has 3 aliphatic rings. The van der Waals surface area contributed by atoms with Crippen LogP contribution >= 0.6 is 11.6 Å². The molecule has 0 aromatic carbocycles. The summed E-state index contributed by atoms with van der Waals surface area (Å²) >= 11 is 6.15. The number of nitrogens with one attached hydrogen (secondary N) is 3. The van der Waals surface area contributed by atoms with Gasteiger partial charge in [-0.15, -0.1) is 0 Å². The Morgan fingerprint density at radius 2 is 2.26 bits per heavy atom. The first-order valence-corrected chi connectivity index (χ1v) is 9.12. The van der Waals surface area contributed by atoms with Crippen LogP contribution in [0.15, 0.2) is 23.6 Å². The van der Waals surface area contributed by atoms with Crippen LogP contribution in [0.25, 0.3) is 5.57 Å². The Balaban J connectivity index is 1.49. The second-order valence-electron chi connectivity index (χ2n) is 6.75. The molecule has 0 saturated carbocycles. The number of likely N-dealkylation sites (tertiary alicyclic amines) is 1. The predicted molar refractivity (Wildman–Crippen MR) is 98.1 cm³/mol. The molecule has 1 aromatic heterocycles. The number of hydrogen-bond acceptors (Lipinski definition) is 7. The van der Waals surface area contributed by atoms with E-state index < -0.39 is 5.82 Å². The zero-order chi connectivity index (χ0) is 19.0. The van der Waals surface area contributed by atoms with Crippen LogP contribution in [0, 0.1) is 11.7 Å². The average Bonchev–Trinajstić information content (AvgIpc) is 3.30. The summed E-state index contributed by atoms with van der Waals surface area (Å²) in [5.74, 6) is 0.126. The van der Waals surface area contributed by atoms with Gasteiger partial charge >= 0.3 is 6.09 Å². The molecule has 0 aliphatic carbocycles. The monoisotopic (exact) mass is 394 g/mol. The molecule has 1 amide bonds. The van der Waals surface area contributed by atoms with Crippen molar-refractivity contribution in [1.82, 2.24) is 25.5 Å². The highest BCUT2D eigenvalue weighted by Crippen LogP contribution is 2.36. The van der Waals surface area contributed by atoms with Crippen molar-refractivity contribution in [1.29, 1.82) is 0 Å². The number of allylic oxidation sites excluding steroid dienone is 1. The van der Waals surface area contributed by atoms with Crippen molar-refractivity contribution in [2.24, 2.45) is 5.92 Å². The number of rotatable bonds is 3. The van der Waals surface area contributed by atoms with Crippen LogP contribution in [0.2, 0.25) is 0 Å². The van der Waals surface area contributed by atoms with Crippen LogP contribution in [-0.4, -0.2) is 53.4 Å². The van der Waals surface area contributed by atoms with E-state index >= 15 is 0 Å². The van der Waals surface area contributed by atoms with Gasteiger partial charge < -0.3 is 25.6 Å². The van der Waals surface area contributed by atoms with Gasteiger partial charge in [0, 0.05) is 48.1 Å². The fraction of sp³-hybridized carbons (Fsp3) is 0.471. The largest absolute Gasteiger partial charge is 0.453 e. The van der Waals surface area contributed by atoms with Crippen LogP contribution in [0.5, 0.6) is 0 Å². The van der Waals surface area contributed by atoms with Gasteiger partial charge in [-0.2, -0.15) is 0 Å². The van der Waals surface area contributed by atoms with Gasteiger partial charge in [-0.05, 0) is 12.8 Å². The third-order valence-electron chi connectivity index (χ3n) is 5.02. The molecule has 0 spiro atoms. The SMILES string of the molecule is COC(=O)N1CC[C@H](Nc2nc(C3=CNC4NC=C(Cl)CC34)ncc2F)C1. The van der Waals surface area contributed by atoms with Crippen molar-refractivity contribution in [2.75, 3.05) is 25.5 Å². The fourth-order valence-corrected chi connectivity index (χ4v) is 3.86. The van der Waals surface area contributed by atoms with Gasteiger partial charge in [0.2, 0.25) is 0 Å². The van der Waals surface area contributed by atoms with Crippen molar-refractivity contribution in [3.8, 4) is 0 Å². The number of hydrogen-bond donors (Lipinski definition) is 3. The molecular weight excluding hydrogens is 375 g/mol. The van der Waals surface area contributed by atoms with E-state index in [0.717, 1.165) is 10.6 Å². The maximum Gasteiger partial charge on any atom is 0.409 e. The van der Waals surface area contributed by atoms with Gasteiger partial charge in [0.15, 0.2) is 17.5 Å². The normalized spacial score (nSPS) is 26.5. The van der Waals surface area contributed by atoms with Crippen molar-refractivity contribution < 1.29 is 13.9 Å². The molecule has 4 rings (SSSR count). The van der Waals surface area contributed by atoms with E-state index in [0.29, 0.717) is 31.8 Å². The smallest absolute Gasteiger partial charge is 0.409 e. The molecule has 144 valence electrons. The second-order valence-corrected chi connectivity index (χ2v) is 7.23. The number of carbonyl (C=O) groups is 1. The Kier molecular flexibility index (Phi) is 4.77. The van der Waals surface area contributed by atoms with Gasteiger partial charge in [0.25, 0.3) is 0 Å². The number of aromatic nitrogens is 2. The molecule has 1 aromatic rings. The molecule has 2 unspecified atom stereocenters. The maximum absolute atomic E-state index is 14.3. The number of ether oxygens (including phenoxy) is 1. The van der Waals surface area contributed by atoms with E-state index in [4.69, 9.17) is 16.3 Å². The summed E-state index contributed by atoms with van der Waals surface area (Å²) in [7, 11) is 1.34. The van der Waals surface area contributed by atoms with E-state index in [1.54, 1.807) is 11.1 Å². The van der Waals surface area contributed by atoms with Crippen LogP contribution in [0.4, 0.5) is 15.0 Å². The first-order valence-electron chi connectivity index (χ1n) is 8.74. The quantitative estimate of drug-likeness (QED) is 0.720. The highest BCUT2D eigenvalue weighted by molar-refractivity contribution is 6.29. The minimum absolute atomic E-state index is 0.0241. The number of nitrogens with zero attached hydrogens (tertiary/aromatic N) is 3. The molecule has 0 bridgehead atoms. The first kappa shape index (κ1) is 17.8. The van der Waals surface area contributed by atoms with Gasteiger partial charge in [0.05, 0.1) is 13.3 Å². The minimum atomic E-state index is -0.530. The molecule has 3 N–H and O–H groups in total. The Morgan fingerprint density at radius 1 is 1.44 bits per heavy atom. The topological polar surface area (TPSA) is 91.4 Å². The van der Waals surface area contributed by atoms with Crippen molar-refractivity contribution in [2.45, 2.75) is 25.0 Å². The summed E-state index contributed by atoms with van der Waals surface area (Å²) in [6.07, 6.45) is 5.78. The number of anilines is 1. The molecule has 1 saturated heterocycles. The molecule has 4 heterocycles. The zero-order valence-corrected chi connectivity index (χ0v) is 15.5. The molecule has 10 heteroatoms. The summed E-state index contributed by atoms with van der Waals surface area (Å²) in [5.41, 5.74) is 0.879. The number of carbonyl (C=O) groups excluding carboxylic acids is 1.